The molecular formula is C16H16ClN3O. The van der Waals surface area contributed by atoms with Gasteiger partial charge in [0.2, 0.25) is 0 Å². The highest BCUT2D eigenvalue weighted by molar-refractivity contribution is 6.30. The normalized spacial score (nSPS) is 15.4. The number of nitrogens with zero attached hydrogens (tertiary/aromatic N) is 2. The molecule has 21 heavy (non-hydrogen) atoms. The molecule has 2 N–H and O–H groups in total. The molecule has 108 valence electrons. The van der Waals surface area contributed by atoms with Crippen molar-refractivity contribution in [2.24, 2.45) is 4.99 Å². The van der Waals surface area contributed by atoms with Crippen LogP contribution in [0.3, 0.4) is 0 Å². The van der Waals surface area contributed by atoms with Gasteiger partial charge in [0.05, 0.1) is 18.2 Å². The van der Waals surface area contributed by atoms with E-state index in [1.807, 2.05) is 25.1 Å². The Hall–Kier alpha value is -2.07. The molecule has 0 saturated carbocycles. The van der Waals surface area contributed by atoms with Crippen molar-refractivity contribution >= 4 is 17.4 Å². The number of aryl methyl sites for hydroxylation is 1. The van der Waals surface area contributed by atoms with Crippen LogP contribution in [0.4, 0.5) is 0 Å². The largest absolute Gasteiger partial charge is 0.508 e. The zero-order valence-electron chi connectivity index (χ0n) is 11.7. The fourth-order valence-electron chi connectivity index (χ4n) is 2.59. The van der Waals surface area contributed by atoms with Crippen LogP contribution in [0.25, 0.3) is 0 Å². The van der Waals surface area contributed by atoms with Crippen molar-refractivity contribution in [2.75, 3.05) is 13.1 Å². The molecule has 1 aliphatic rings. The number of benzene rings is 1. The van der Waals surface area contributed by atoms with Crippen molar-refractivity contribution in [2.45, 2.75) is 12.8 Å². The summed E-state index contributed by atoms with van der Waals surface area (Å²) in [5, 5.41) is 14.1. The minimum atomic E-state index is -0.203. The van der Waals surface area contributed by atoms with E-state index in [0.717, 1.165) is 35.7 Å². The van der Waals surface area contributed by atoms with Crippen molar-refractivity contribution in [1.29, 1.82) is 0 Å². The van der Waals surface area contributed by atoms with Gasteiger partial charge in [0.25, 0.3) is 0 Å². The lowest BCUT2D eigenvalue weighted by Gasteiger charge is -2.20. The van der Waals surface area contributed by atoms with Crippen LogP contribution in [0, 0.1) is 6.92 Å². The molecule has 1 aliphatic heterocycles. The minimum absolute atomic E-state index is 0.161. The first kappa shape index (κ1) is 13.9. The van der Waals surface area contributed by atoms with Gasteiger partial charge in [0, 0.05) is 23.3 Å². The number of aliphatic imine (C=N–C) groups is 1. The molecule has 0 aliphatic carbocycles. The second-order valence-electron chi connectivity index (χ2n) is 5.04. The molecule has 0 bridgehead atoms. The number of halogens is 1. The second-order valence-corrected chi connectivity index (χ2v) is 5.47. The van der Waals surface area contributed by atoms with Gasteiger partial charge >= 0.3 is 0 Å². The van der Waals surface area contributed by atoms with Gasteiger partial charge in [-0.15, -0.1) is 0 Å². The summed E-state index contributed by atoms with van der Waals surface area (Å²) in [6.07, 6.45) is 1.76. The van der Waals surface area contributed by atoms with E-state index in [2.05, 4.69) is 15.3 Å². The van der Waals surface area contributed by atoms with Crippen LogP contribution in [0.1, 0.15) is 22.7 Å². The van der Waals surface area contributed by atoms with Crippen molar-refractivity contribution < 1.29 is 5.11 Å². The van der Waals surface area contributed by atoms with Gasteiger partial charge in [-0.3, -0.25) is 9.98 Å². The Morgan fingerprint density at radius 2 is 2.19 bits per heavy atom. The number of hydrogen-bond acceptors (Lipinski definition) is 4. The molecule has 0 saturated heterocycles. The monoisotopic (exact) mass is 301 g/mol. The molecule has 3 rings (SSSR count). The predicted molar refractivity (Wildman–Crippen MR) is 84.2 cm³/mol. The lowest BCUT2D eigenvalue weighted by atomic mass is 9.90. The number of nitrogens with one attached hydrogen (secondary N) is 1. The Morgan fingerprint density at radius 1 is 1.33 bits per heavy atom. The molecule has 0 spiro atoms. The van der Waals surface area contributed by atoms with Gasteiger partial charge < -0.3 is 10.4 Å². The first-order valence-corrected chi connectivity index (χ1v) is 7.23. The first-order chi connectivity index (χ1) is 10.2. The lowest BCUT2D eigenvalue weighted by Crippen LogP contribution is -2.27. The van der Waals surface area contributed by atoms with E-state index in [4.69, 9.17) is 11.6 Å². The average Bonchev–Trinajstić information content (AvgIpc) is 2.97. The van der Waals surface area contributed by atoms with Crippen molar-refractivity contribution in [3.8, 4) is 5.75 Å². The molecule has 1 unspecified atom stereocenters. The van der Waals surface area contributed by atoms with Crippen LogP contribution in [0.15, 0.2) is 41.5 Å². The second kappa shape index (κ2) is 5.74. The van der Waals surface area contributed by atoms with Crippen molar-refractivity contribution in [3.05, 3.63) is 58.4 Å². The molecule has 1 atom stereocenters. The van der Waals surface area contributed by atoms with Crippen LogP contribution < -0.4 is 5.32 Å². The van der Waals surface area contributed by atoms with E-state index in [1.165, 1.54) is 0 Å². The molecule has 2 aromatic rings. The molecular weight excluding hydrogens is 286 g/mol. The van der Waals surface area contributed by atoms with Crippen LogP contribution >= 0.6 is 11.6 Å². The quantitative estimate of drug-likeness (QED) is 0.916. The van der Waals surface area contributed by atoms with Crippen LogP contribution in [-0.4, -0.2) is 29.0 Å². The van der Waals surface area contributed by atoms with Crippen molar-refractivity contribution in [3.63, 3.8) is 0 Å². The molecule has 0 amide bonds. The zero-order chi connectivity index (χ0) is 14.8. The van der Waals surface area contributed by atoms with Gasteiger partial charge in [0.1, 0.15) is 11.6 Å². The van der Waals surface area contributed by atoms with Crippen LogP contribution in [0.5, 0.6) is 5.75 Å². The molecule has 5 heteroatoms. The summed E-state index contributed by atoms with van der Waals surface area (Å²) in [5.41, 5.74) is 2.71. The van der Waals surface area contributed by atoms with E-state index < -0.39 is 0 Å². The van der Waals surface area contributed by atoms with E-state index in [9.17, 15) is 5.11 Å². The summed E-state index contributed by atoms with van der Waals surface area (Å²) in [4.78, 5) is 9.01. The Morgan fingerprint density at radius 3 is 2.86 bits per heavy atom. The first-order valence-electron chi connectivity index (χ1n) is 6.85. The fourth-order valence-corrected chi connectivity index (χ4v) is 2.76. The van der Waals surface area contributed by atoms with E-state index >= 15 is 0 Å². The van der Waals surface area contributed by atoms with Gasteiger partial charge in [-0.2, -0.15) is 0 Å². The third-order valence-electron chi connectivity index (χ3n) is 3.60. The highest BCUT2D eigenvalue weighted by atomic mass is 35.5. The third kappa shape index (κ3) is 2.72. The van der Waals surface area contributed by atoms with Gasteiger partial charge in [0.15, 0.2) is 0 Å². The van der Waals surface area contributed by atoms with Crippen LogP contribution in [-0.2, 0) is 0 Å². The molecule has 0 radical (unpaired) electrons. The zero-order valence-corrected chi connectivity index (χ0v) is 12.4. The highest BCUT2D eigenvalue weighted by Crippen LogP contribution is 2.34. The summed E-state index contributed by atoms with van der Waals surface area (Å²) < 4.78 is 0. The maximum atomic E-state index is 10.3. The van der Waals surface area contributed by atoms with E-state index in [0.29, 0.717) is 5.02 Å². The Bertz CT molecular complexity index is 700. The topological polar surface area (TPSA) is 57.5 Å². The molecule has 1 aromatic carbocycles. The highest BCUT2D eigenvalue weighted by Gasteiger charge is 2.27. The molecule has 2 heterocycles. The number of phenols is 1. The number of rotatable bonds is 3. The lowest BCUT2D eigenvalue weighted by molar-refractivity contribution is 0.468. The fraction of sp³-hybridized carbons (Fsp3) is 0.250. The minimum Gasteiger partial charge on any atom is -0.508 e. The average molecular weight is 302 g/mol. The summed E-state index contributed by atoms with van der Waals surface area (Å²) in [6, 6.07) is 9.08. The number of pyridine rings is 1. The number of aromatic nitrogens is 1. The molecule has 0 fully saturated rings. The van der Waals surface area contributed by atoms with Gasteiger partial charge in [-0.05, 0) is 30.7 Å². The summed E-state index contributed by atoms with van der Waals surface area (Å²) in [6.45, 7) is 3.57. The van der Waals surface area contributed by atoms with Crippen LogP contribution in [0.2, 0.25) is 5.02 Å². The SMILES string of the molecule is Cc1cccnc1C(C1=NCCN1)c1ccc(Cl)cc1O. The standard InChI is InChI=1S/C16H16ClN3O/c1-10-3-2-6-18-15(10)14(16-19-7-8-20-16)12-5-4-11(17)9-13(12)21/h2-6,9,14,21H,7-8H2,1H3,(H,19,20). The third-order valence-corrected chi connectivity index (χ3v) is 3.84. The Kier molecular flexibility index (Phi) is 3.80. The smallest absolute Gasteiger partial charge is 0.121 e. The van der Waals surface area contributed by atoms with E-state index in [-0.39, 0.29) is 11.7 Å². The molecule has 4 nitrogen and oxygen atoms in total. The van der Waals surface area contributed by atoms with E-state index in [1.54, 1.807) is 18.3 Å². The number of phenolic OH excluding ortho intramolecular Hbond substituents is 1. The summed E-state index contributed by atoms with van der Waals surface area (Å²) in [5.74, 6) is 0.800. The van der Waals surface area contributed by atoms with Crippen molar-refractivity contribution in [1.82, 2.24) is 10.3 Å². The summed E-state index contributed by atoms with van der Waals surface area (Å²) >= 11 is 5.94. The maximum Gasteiger partial charge on any atom is 0.121 e. The number of amidine groups is 1. The predicted octanol–water partition coefficient (Wildman–Crippen LogP) is 2.88. The Balaban J connectivity index is 2.15. The maximum absolute atomic E-state index is 10.3. The van der Waals surface area contributed by atoms with Gasteiger partial charge in [-0.1, -0.05) is 23.7 Å². The molecule has 1 aromatic heterocycles. The number of hydrogen-bond donors (Lipinski definition) is 2. The Labute approximate surface area is 128 Å². The number of aromatic hydroxyl groups is 1. The summed E-state index contributed by atoms with van der Waals surface area (Å²) in [7, 11) is 0. The van der Waals surface area contributed by atoms with Gasteiger partial charge in [-0.25, -0.2) is 0 Å².